The topological polar surface area (TPSA) is 17.1 Å². The van der Waals surface area contributed by atoms with E-state index in [-0.39, 0.29) is 5.41 Å². The molecule has 1 aromatic rings. The summed E-state index contributed by atoms with van der Waals surface area (Å²) in [6, 6.07) is 7.04. The van der Waals surface area contributed by atoms with Crippen molar-refractivity contribution in [2.24, 2.45) is 17.3 Å². The molecule has 1 aromatic carbocycles. The van der Waals surface area contributed by atoms with Crippen molar-refractivity contribution in [2.75, 3.05) is 0 Å². The van der Waals surface area contributed by atoms with Crippen molar-refractivity contribution in [2.45, 2.75) is 72.1 Å². The molecule has 4 rings (SSSR count). The highest BCUT2D eigenvalue weighted by molar-refractivity contribution is 5.87. The van der Waals surface area contributed by atoms with E-state index < -0.39 is 0 Å². The van der Waals surface area contributed by atoms with E-state index in [2.05, 4.69) is 32.0 Å². The normalized spacial score (nSPS) is 35.8. The van der Waals surface area contributed by atoms with Crippen molar-refractivity contribution in [3.8, 4) is 0 Å². The smallest absolute Gasteiger partial charge is 0.139 e. The van der Waals surface area contributed by atoms with Gasteiger partial charge in [0, 0.05) is 11.8 Å². The van der Waals surface area contributed by atoms with E-state index in [1.807, 2.05) is 13.8 Å². The van der Waals surface area contributed by atoms with Crippen molar-refractivity contribution < 1.29 is 4.79 Å². The Morgan fingerprint density at radius 3 is 2.64 bits per heavy atom. The Morgan fingerprint density at radius 1 is 1.09 bits per heavy atom. The van der Waals surface area contributed by atoms with Crippen LogP contribution in [0.2, 0.25) is 0 Å². The quantitative estimate of drug-likeness (QED) is 0.622. The highest BCUT2D eigenvalue weighted by atomic mass is 16.1. The molecule has 3 aliphatic rings. The molecule has 4 unspecified atom stereocenters. The number of hydrogen-bond acceptors (Lipinski definition) is 1. The summed E-state index contributed by atoms with van der Waals surface area (Å²) < 4.78 is 0. The molecule has 4 atom stereocenters. The van der Waals surface area contributed by atoms with Crippen LogP contribution in [0.15, 0.2) is 18.2 Å². The first-order valence-electron chi connectivity index (χ1n) is 9.22. The lowest BCUT2D eigenvalue weighted by molar-refractivity contribution is -0.129. The third-order valence-electron chi connectivity index (χ3n) is 6.59. The van der Waals surface area contributed by atoms with Gasteiger partial charge < -0.3 is 0 Å². The lowest BCUT2D eigenvalue weighted by atomic mass is 9.55. The summed E-state index contributed by atoms with van der Waals surface area (Å²) in [7, 11) is 0. The minimum absolute atomic E-state index is 0.0172. The molecule has 22 heavy (non-hydrogen) atoms. The van der Waals surface area contributed by atoms with Crippen LogP contribution in [0.3, 0.4) is 0 Å². The van der Waals surface area contributed by atoms with Crippen LogP contribution in [0.1, 0.15) is 75.5 Å². The second-order valence-electron chi connectivity index (χ2n) is 7.54. The monoisotopic (exact) mass is 298 g/mol. The zero-order chi connectivity index (χ0) is 15.9. The molecular weight excluding hydrogens is 268 g/mol. The van der Waals surface area contributed by atoms with Crippen LogP contribution in [-0.2, 0) is 11.2 Å². The Hall–Kier alpha value is -1.11. The van der Waals surface area contributed by atoms with Crippen LogP contribution in [0, 0.1) is 24.2 Å². The number of ketones is 1. The molecule has 0 radical (unpaired) electrons. The van der Waals surface area contributed by atoms with Crippen LogP contribution >= 0.6 is 0 Å². The van der Waals surface area contributed by atoms with Gasteiger partial charge in [0.1, 0.15) is 5.78 Å². The first-order valence-corrected chi connectivity index (χ1v) is 9.22. The SMILES string of the molecule is CC.Cc1ccc2c(c1)CCC1C2CCC2(C)C(=O)CCC12. The molecule has 0 aromatic heterocycles. The number of fused-ring (bicyclic) bond motifs is 5. The molecule has 1 nitrogen and oxygen atoms in total. The van der Waals surface area contributed by atoms with E-state index in [9.17, 15) is 4.79 Å². The molecule has 1 heteroatoms. The van der Waals surface area contributed by atoms with Crippen molar-refractivity contribution in [3.05, 3.63) is 34.9 Å². The fraction of sp³-hybridized carbons (Fsp3) is 0.667. The summed E-state index contributed by atoms with van der Waals surface area (Å²) in [4.78, 5) is 12.3. The van der Waals surface area contributed by atoms with Crippen molar-refractivity contribution in [1.29, 1.82) is 0 Å². The third kappa shape index (κ3) is 2.25. The Bertz CT molecular complexity index is 573. The average Bonchev–Trinajstić information content (AvgIpc) is 2.84. The van der Waals surface area contributed by atoms with Gasteiger partial charge >= 0.3 is 0 Å². The van der Waals surface area contributed by atoms with E-state index in [0.717, 1.165) is 31.1 Å². The van der Waals surface area contributed by atoms with Crippen LogP contribution < -0.4 is 0 Å². The molecule has 0 spiro atoms. The predicted octanol–water partition coefficient (Wildman–Crippen LogP) is 5.45. The summed E-state index contributed by atoms with van der Waals surface area (Å²) in [5.74, 6) is 2.69. The van der Waals surface area contributed by atoms with Gasteiger partial charge in [0.05, 0.1) is 0 Å². The van der Waals surface area contributed by atoms with E-state index in [4.69, 9.17) is 0 Å². The number of aryl methyl sites for hydroxylation is 2. The minimum Gasteiger partial charge on any atom is -0.299 e. The van der Waals surface area contributed by atoms with Crippen molar-refractivity contribution >= 4 is 5.78 Å². The predicted molar refractivity (Wildman–Crippen MR) is 92.2 cm³/mol. The summed E-state index contributed by atoms with van der Waals surface area (Å²) in [5.41, 5.74) is 4.59. The first-order chi connectivity index (χ1) is 10.6. The Labute approximate surface area is 135 Å². The zero-order valence-electron chi connectivity index (χ0n) is 14.6. The summed E-state index contributed by atoms with van der Waals surface area (Å²) in [6.07, 6.45) is 6.85. The molecule has 2 saturated carbocycles. The molecular formula is C21H30O. The summed E-state index contributed by atoms with van der Waals surface area (Å²) in [5, 5.41) is 0. The lowest BCUT2D eigenvalue weighted by Crippen LogP contribution is -2.42. The van der Waals surface area contributed by atoms with Crippen LogP contribution in [0.25, 0.3) is 0 Å². The molecule has 0 aliphatic heterocycles. The van der Waals surface area contributed by atoms with Gasteiger partial charge in [-0.3, -0.25) is 4.79 Å². The summed E-state index contributed by atoms with van der Waals surface area (Å²) >= 11 is 0. The van der Waals surface area contributed by atoms with E-state index in [1.165, 1.54) is 24.8 Å². The molecule has 3 aliphatic carbocycles. The van der Waals surface area contributed by atoms with Gasteiger partial charge in [-0.25, -0.2) is 0 Å². The maximum atomic E-state index is 12.3. The molecule has 0 bridgehead atoms. The second-order valence-corrected chi connectivity index (χ2v) is 7.54. The zero-order valence-corrected chi connectivity index (χ0v) is 14.6. The van der Waals surface area contributed by atoms with Gasteiger partial charge in [-0.1, -0.05) is 44.5 Å². The van der Waals surface area contributed by atoms with Gasteiger partial charge in [0.2, 0.25) is 0 Å². The number of rotatable bonds is 0. The van der Waals surface area contributed by atoms with Gasteiger partial charge in [0.25, 0.3) is 0 Å². The number of carbonyl (C=O) groups is 1. The van der Waals surface area contributed by atoms with Gasteiger partial charge in [0.15, 0.2) is 0 Å². The fourth-order valence-electron chi connectivity index (χ4n) is 5.48. The highest BCUT2D eigenvalue weighted by Crippen LogP contribution is 2.59. The third-order valence-corrected chi connectivity index (χ3v) is 6.59. The lowest BCUT2D eigenvalue weighted by Gasteiger charge is -2.48. The van der Waals surface area contributed by atoms with Crippen LogP contribution in [0.5, 0.6) is 0 Å². The van der Waals surface area contributed by atoms with Gasteiger partial charge in [-0.15, -0.1) is 0 Å². The molecule has 0 heterocycles. The highest BCUT2D eigenvalue weighted by Gasteiger charge is 2.54. The molecule has 2 fully saturated rings. The Morgan fingerprint density at radius 2 is 1.86 bits per heavy atom. The number of benzene rings is 1. The van der Waals surface area contributed by atoms with E-state index in [0.29, 0.717) is 11.7 Å². The molecule has 120 valence electrons. The minimum atomic E-state index is 0.0172. The maximum Gasteiger partial charge on any atom is 0.139 e. The number of carbonyl (C=O) groups excluding carboxylic acids is 1. The largest absolute Gasteiger partial charge is 0.299 e. The maximum absolute atomic E-state index is 12.3. The number of hydrogen-bond donors (Lipinski definition) is 0. The fourth-order valence-corrected chi connectivity index (χ4v) is 5.48. The van der Waals surface area contributed by atoms with E-state index >= 15 is 0 Å². The Balaban J connectivity index is 0.000000693. The summed E-state index contributed by atoms with van der Waals surface area (Å²) in [6.45, 7) is 8.45. The molecule has 0 saturated heterocycles. The van der Waals surface area contributed by atoms with Gasteiger partial charge in [-0.2, -0.15) is 0 Å². The average molecular weight is 298 g/mol. The van der Waals surface area contributed by atoms with Gasteiger partial charge in [-0.05, 0) is 67.9 Å². The molecule has 0 N–H and O–H groups in total. The standard InChI is InChI=1S/C19H24O.C2H6/c1-12-3-5-14-13(11-12)4-6-16-15(14)9-10-19(2)17(16)7-8-18(19)20;1-2/h3,5,11,15-17H,4,6-10H2,1-2H3;1-2H3. The van der Waals surface area contributed by atoms with Crippen molar-refractivity contribution in [1.82, 2.24) is 0 Å². The second kappa shape index (κ2) is 5.83. The van der Waals surface area contributed by atoms with Crippen molar-refractivity contribution in [3.63, 3.8) is 0 Å². The number of Topliss-reactive ketones (excluding diaryl/α,β-unsaturated/α-hetero) is 1. The van der Waals surface area contributed by atoms with Crippen LogP contribution in [-0.4, -0.2) is 5.78 Å². The molecule has 0 amide bonds. The first kappa shape index (κ1) is 15.8. The Kier molecular flexibility index (Phi) is 4.18. The van der Waals surface area contributed by atoms with E-state index in [1.54, 1.807) is 11.1 Å². The van der Waals surface area contributed by atoms with Crippen LogP contribution in [0.4, 0.5) is 0 Å².